The fourth-order valence-corrected chi connectivity index (χ4v) is 12.3. The van der Waals surface area contributed by atoms with Crippen LogP contribution < -0.4 is 21.5 Å². The van der Waals surface area contributed by atoms with Crippen molar-refractivity contribution in [2.24, 2.45) is 0 Å². The number of benzene rings is 4. The summed E-state index contributed by atoms with van der Waals surface area (Å²) < 4.78 is 46.9. The second-order valence-corrected chi connectivity index (χ2v) is 15.6. The number of ketones is 1. The number of hydrogen-bond acceptors (Lipinski definition) is 6. The number of halogens is 1. The molecule has 0 aliphatic carbocycles. The highest BCUT2D eigenvalue weighted by atomic mass is 79.9. The Hall–Kier alpha value is -3.46. The summed E-state index contributed by atoms with van der Waals surface area (Å²) in [5, 5.41) is 0.955. The van der Waals surface area contributed by atoms with Crippen molar-refractivity contribution in [3.8, 4) is 0 Å². The highest BCUT2D eigenvalue weighted by Gasteiger charge is 2.87. The minimum absolute atomic E-state index is 0.0908. The van der Waals surface area contributed by atoms with Crippen molar-refractivity contribution in [3.63, 3.8) is 0 Å². The third-order valence-corrected chi connectivity index (χ3v) is 14.8. The first-order valence-corrected chi connectivity index (χ1v) is 16.3. The van der Waals surface area contributed by atoms with E-state index in [0.717, 1.165) is 0 Å². The average Bonchev–Trinajstić information content (AvgIpc) is 2.98. The van der Waals surface area contributed by atoms with E-state index in [4.69, 9.17) is 4.42 Å². The lowest BCUT2D eigenvalue weighted by molar-refractivity contribution is 0.0993. The van der Waals surface area contributed by atoms with Gasteiger partial charge in [-0.3, -0.25) is 4.79 Å². The highest BCUT2D eigenvalue weighted by molar-refractivity contribution is 9.10. The molecule has 0 radical (unpaired) electrons. The summed E-state index contributed by atoms with van der Waals surface area (Å²) in [6.07, 6.45) is 0. The molecule has 4 aromatic carbocycles. The van der Waals surface area contributed by atoms with Crippen molar-refractivity contribution >= 4 is 72.0 Å². The zero-order chi connectivity index (χ0) is 27.6. The van der Waals surface area contributed by atoms with Crippen molar-refractivity contribution in [1.29, 1.82) is 0 Å². The molecule has 10 heteroatoms. The average molecular weight is 636 g/mol. The minimum Gasteiger partial charge on any atom is -0.422 e. The lowest BCUT2D eigenvalue weighted by Gasteiger charge is -2.08. The van der Waals surface area contributed by atoms with Gasteiger partial charge in [-0.1, -0.05) is 86.5 Å². The van der Waals surface area contributed by atoms with Crippen molar-refractivity contribution < 1.29 is 22.9 Å². The first kappa shape index (κ1) is 27.1. The molecule has 190 valence electrons. The molecule has 0 N–H and O–H groups in total. The lowest BCUT2D eigenvalue weighted by atomic mass is 10.1. The van der Waals surface area contributed by atoms with Crippen LogP contribution in [0.1, 0.15) is 10.4 Å². The van der Waals surface area contributed by atoms with Crippen molar-refractivity contribution in [2.45, 2.75) is 4.64 Å². The predicted molar refractivity (Wildman–Crippen MR) is 158 cm³/mol. The summed E-state index contributed by atoms with van der Waals surface area (Å²) in [6.45, 7) is 0. The quantitative estimate of drug-likeness (QED) is 0.105. The zero-order valence-electron chi connectivity index (χ0n) is 20.1. The SMILES string of the molecule is O=C(c1c(Br)c2ccccc2oc1=O)C([P+](=O)c1ccccc1)([P+](=O)c1ccccc1)[P+](=O)c1ccccc1. The van der Waals surface area contributed by atoms with Gasteiger partial charge in [0, 0.05) is 9.86 Å². The summed E-state index contributed by atoms with van der Waals surface area (Å²) in [5.74, 6) is -1.08. The molecule has 6 nitrogen and oxygen atoms in total. The van der Waals surface area contributed by atoms with Gasteiger partial charge in [-0.15, -0.1) is 0 Å². The molecular weight excluding hydrogens is 617 g/mol. The van der Waals surface area contributed by atoms with Gasteiger partial charge in [-0.25, -0.2) is 4.79 Å². The minimum atomic E-state index is -2.95. The molecule has 0 fully saturated rings. The third kappa shape index (κ3) is 4.77. The summed E-state index contributed by atoms with van der Waals surface area (Å²) in [6, 6.07) is 30.7. The van der Waals surface area contributed by atoms with E-state index in [1.807, 2.05) is 0 Å². The molecule has 1 heterocycles. The largest absolute Gasteiger partial charge is 0.591 e. The fraction of sp³-hybridized carbons (Fsp3) is 0.0345. The van der Waals surface area contributed by atoms with Gasteiger partial charge in [0.25, 0.3) is 0 Å². The Labute approximate surface area is 234 Å². The summed E-state index contributed by atoms with van der Waals surface area (Å²) in [4.78, 5) is 28.1. The second-order valence-electron chi connectivity index (χ2n) is 8.43. The van der Waals surface area contributed by atoms with E-state index >= 15 is 0 Å². The zero-order valence-corrected chi connectivity index (χ0v) is 24.4. The van der Waals surface area contributed by atoms with E-state index in [2.05, 4.69) is 15.9 Å². The van der Waals surface area contributed by atoms with Crippen LogP contribution in [0.3, 0.4) is 0 Å². The van der Waals surface area contributed by atoms with Crippen LogP contribution in [0.25, 0.3) is 11.0 Å². The van der Waals surface area contributed by atoms with Gasteiger partial charge in [0.2, 0.25) is 15.9 Å². The number of para-hydroxylation sites is 1. The van der Waals surface area contributed by atoms with E-state index < -0.39 is 45.0 Å². The number of fused-ring (bicyclic) bond motifs is 1. The first-order valence-electron chi connectivity index (χ1n) is 11.7. The smallest absolute Gasteiger partial charge is 0.422 e. The monoisotopic (exact) mass is 635 g/mol. The van der Waals surface area contributed by atoms with Crippen LogP contribution in [-0.4, -0.2) is 10.4 Å². The van der Waals surface area contributed by atoms with Crippen molar-refractivity contribution in [3.05, 3.63) is 136 Å². The van der Waals surface area contributed by atoms with E-state index in [0.29, 0.717) is 5.39 Å². The lowest BCUT2D eigenvalue weighted by Crippen LogP contribution is -2.38. The highest BCUT2D eigenvalue weighted by Crippen LogP contribution is 2.68. The van der Waals surface area contributed by atoms with E-state index in [9.17, 15) is 23.3 Å². The predicted octanol–water partition coefficient (Wildman–Crippen LogP) is 6.85. The normalized spacial score (nSPS) is 13.8. The molecule has 0 aliphatic heterocycles. The molecule has 0 aliphatic rings. The Morgan fingerprint density at radius 3 is 1.44 bits per heavy atom. The fourth-order valence-electron chi connectivity index (χ4n) is 4.23. The Bertz CT molecular complexity index is 1680. The molecule has 39 heavy (non-hydrogen) atoms. The van der Waals surface area contributed by atoms with Gasteiger partial charge in [-0.2, -0.15) is 0 Å². The van der Waals surface area contributed by atoms with E-state index in [1.165, 1.54) is 36.4 Å². The molecule has 0 saturated heterocycles. The Morgan fingerprint density at radius 1 is 0.615 bits per heavy atom. The third-order valence-electron chi connectivity index (χ3n) is 6.10. The van der Waals surface area contributed by atoms with Gasteiger partial charge in [0.1, 0.15) is 11.1 Å². The van der Waals surface area contributed by atoms with Gasteiger partial charge in [0.15, 0.2) is 0 Å². The number of Topliss-reactive ketones (excluding diaryl/α,β-unsaturated/α-hetero) is 1. The molecule has 5 rings (SSSR count). The molecule has 0 saturated carbocycles. The molecule has 0 spiro atoms. The number of carbonyl (C=O) groups is 1. The maximum absolute atomic E-state index is 14.8. The Balaban J connectivity index is 1.89. The van der Waals surface area contributed by atoms with Crippen LogP contribution in [0.2, 0.25) is 0 Å². The second kappa shape index (κ2) is 11.3. The number of carbonyl (C=O) groups excluding carboxylic acids is 1. The van der Waals surface area contributed by atoms with Gasteiger partial charge in [0.05, 0.1) is 0 Å². The van der Waals surface area contributed by atoms with Crippen LogP contribution in [0.15, 0.2) is 129 Å². The summed E-state index contributed by atoms with van der Waals surface area (Å²) >= 11 is 3.38. The summed E-state index contributed by atoms with van der Waals surface area (Å²) in [5.41, 5.74) is -1.28. The summed E-state index contributed by atoms with van der Waals surface area (Å²) in [7, 11) is -8.85. The number of hydrogen-bond donors (Lipinski definition) is 0. The molecular formula is C29H19BrO6P3+3. The number of rotatable bonds is 8. The van der Waals surface area contributed by atoms with Crippen LogP contribution in [-0.2, 0) is 13.7 Å². The van der Waals surface area contributed by atoms with Crippen molar-refractivity contribution in [2.75, 3.05) is 0 Å². The molecule has 3 unspecified atom stereocenters. The van der Waals surface area contributed by atoms with E-state index in [-0.39, 0.29) is 26.0 Å². The first-order chi connectivity index (χ1) is 18.9. The van der Waals surface area contributed by atoms with Gasteiger partial charge >= 0.3 is 39.5 Å². The Morgan fingerprint density at radius 2 is 1.00 bits per heavy atom. The van der Waals surface area contributed by atoms with Crippen LogP contribution in [0, 0.1) is 0 Å². The maximum atomic E-state index is 14.8. The molecule has 1 aromatic heterocycles. The molecule has 5 aromatic rings. The van der Waals surface area contributed by atoms with Crippen LogP contribution >= 0.6 is 39.3 Å². The van der Waals surface area contributed by atoms with Crippen LogP contribution in [0.5, 0.6) is 0 Å². The maximum Gasteiger partial charge on any atom is 0.591 e. The molecule has 0 amide bonds. The van der Waals surface area contributed by atoms with E-state index in [1.54, 1.807) is 78.9 Å². The van der Waals surface area contributed by atoms with Crippen LogP contribution in [0.4, 0.5) is 0 Å². The van der Waals surface area contributed by atoms with Gasteiger partial charge < -0.3 is 4.42 Å². The van der Waals surface area contributed by atoms with Gasteiger partial charge in [-0.05, 0) is 58.4 Å². The Kier molecular flexibility index (Phi) is 7.88. The molecule has 3 atom stereocenters. The standard InChI is InChI=1S/C29H19BrO6P3/c30-26-23-18-10-11-19-24(23)36-28(32)25(26)27(31)29(37(33)20-12-4-1-5-13-20,38(34)21-14-6-2-7-15-21)39(35)22-16-8-3-9-17-22/h1-19H/q+3. The topological polar surface area (TPSA) is 98.5 Å². The molecule has 0 bridgehead atoms. The van der Waals surface area contributed by atoms with Crippen molar-refractivity contribution in [1.82, 2.24) is 0 Å².